The second kappa shape index (κ2) is 6.49. The summed E-state index contributed by atoms with van der Waals surface area (Å²) in [4.78, 5) is 5.82. The average Bonchev–Trinajstić information content (AvgIpc) is 3.05. The molecule has 0 atom stereocenters. The Morgan fingerprint density at radius 2 is 1.67 bits per heavy atom. The molecule has 118 valence electrons. The maximum Gasteiger partial charge on any atom is 0.137 e. The van der Waals surface area contributed by atoms with E-state index in [1.54, 1.807) is 11.8 Å². The Hall–Kier alpha value is -2.59. The van der Waals surface area contributed by atoms with Crippen molar-refractivity contribution in [1.29, 1.82) is 0 Å². The highest BCUT2D eigenvalue weighted by molar-refractivity contribution is 7.98. The lowest BCUT2D eigenvalue weighted by Gasteiger charge is -2.03. The normalized spacial score (nSPS) is 11.0. The van der Waals surface area contributed by atoms with Gasteiger partial charge in [-0.3, -0.25) is 0 Å². The number of hydrogen-bond donors (Lipinski definition) is 0. The molecule has 4 aromatic rings. The van der Waals surface area contributed by atoms with Crippen LogP contribution in [0.5, 0.6) is 0 Å². The molecule has 0 radical (unpaired) electrons. The monoisotopic (exact) mass is 334 g/mol. The maximum absolute atomic E-state index is 12.9. The number of rotatable bonds is 4. The highest BCUT2D eigenvalue weighted by Crippen LogP contribution is 2.25. The first-order valence-electron chi connectivity index (χ1n) is 7.69. The smallest absolute Gasteiger partial charge is 0.137 e. The van der Waals surface area contributed by atoms with Gasteiger partial charge in [0.15, 0.2) is 0 Å². The largest absolute Gasteiger partial charge is 0.305 e. The number of imidazole rings is 1. The van der Waals surface area contributed by atoms with Crippen LogP contribution in [0.3, 0.4) is 0 Å². The van der Waals surface area contributed by atoms with Gasteiger partial charge < -0.3 is 4.40 Å². The minimum atomic E-state index is -0.197. The van der Waals surface area contributed by atoms with Crippen LogP contribution in [-0.2, 0) is 5.75 Å². The third-order valence-electron chi connectivity index (χ3n) is 3.81. The zero-order chi connectivity index (χ0) is 16.4. The van der Waals surface area contributed by atoms with E-state index in [-0.39, 0.29) is 5.82 Å². The molecule has 0 unspecified atom stereocenters. The van der Waals surface area contributed by atoms with Gasteiger partial charge in [-0.1, -0.05) is 42.5 Å². The molecule has 2 aromatic carbocycles. The van der Waals surface area contributed by atoms with Gasteiger partial charge in [-0.25, -0.2) is 9.37 Å². The fourth-order valence-electron chi connectivity index (χ4n) is 2.55. The minimum absolute atomic E-state index is 0.197. The standard InChI is InChI=1S/C20H15FN2S/c21-17-8-6-15(7-9-17)14-24-18-10-11-20-22-19(13-23(20)12-18)16-4-2-1-3-5-16/h1-13H,14H2. The third kappa shape index (κ3) is 3.19. The predicted molar refractivity (Wildman–Crippen MR) is 96.6 cm³/mol. The Labute approximate surface area is 144 Å². The van der Waals surface area contributed by atoms with E-state index in [2.05, 4.69) is 33.8 Å². The molecule has 2 aromatic heterocycles. The highest BCUT2D eigenvalue weighted by atomic mass is 32.2. The van der Waals surface area contributed by atoms with Crippen LogP contribution in [0, 0.1) is 5.82 Å². The van der Waals surface area contributed by atoms with Crippen molar-refractivity contribution in [3.8, 4) is 11.3 Å². The number of benzene rings is 2. The van der Waals surface area contributed by atoms with Gasteiger partial charge in [0.2, 0.25) is 0 Å². The molecule has 0 aliphatic carbocycles. The fraction of sp³-hybridized carbons (Fsp3) is 0.0500. The van der Waals surface area contributed by atoms with Crippen LogP contribution in [0.15, 0.2) is 84.0 Å². The van der Waals surface area contributed by atoms with Crippen molar-refractivity contribution in [1.82, 2.24) is 9.38 Å². The van der Waals surface area contributed by atoms with Crippen molar-refractivity contribution in [2.75, 3.05) is 0 Å². The summed E-state index contributed by atoms with van der Waals surface area (Å²) in [7, 11) is 0. The molecule has 0 bridgehead atoms. The first-order chi connectivity index (χ1) is 11.8. The Morgan fingerprint density at radius 1 is 0.875 bits per heavy atom. The first-order valence-corrected chi connectivity index (χ1v) is 8.68. The summed E-state index contributed by atoms with van der Waals surface area (Å²) in [6, 6.07) is 20.9. The Kier molecular flexibility index (Phi) is 4.05. The van der Waals surface area contributed by atoms with E-state index < -0.39 is 0 Å². The molecule has 2 heterocycles. The lowest BCUT2D eigenvalue weighted by Crippen LogP contribution is -1.85. The molecule has 0 saturated carbocycles. The molecule has 4 heteroatoms. The molecule has 4 rings (SSSR count). The van der Waals surface area contributed by atoms with Crippen molar-refractivity contribution in [2.24, 2.45) is 0 Å². The van der Waals surface area contributed by atoms with E-state index in [1.807, 2.05) is 42.6 Å². The summed E-state index contributed by atoms with van der Waals surface area (Å²) in [5, 5.41) is 0. The van der Waals surface area contributed by atoms with Crippen LogP contribution in [0.4, 0.5) is 4.39 Å². The lowest BCUT2D eigenvalue weighted by atomic mass is 10.2. The summed E-state index contributed by atoms with van der Waals surface area (Å²) in [6.45, 7) is 0. The Morgan fingerprint density at radius 3 is 2.46 bits per heavy atom. The van der Waals surface area contributed by atoms with Crippen LogP contribution >= 0.6 is 11.8 Å². The van der Waals surface area contributed by atoms with Gasteiger partial charge in [0.25, 0.3) is 0 Å². The van der Waals surface area contributed by atoms with Crippen LogP contribution in [0.2, 0.25) is 0 Å². The minimum Gasteiger partial charge on any atom is -0.305 e. The van der Waals surface area contributed by atoms with Crippen molar-refractivity contribution >= 4 is 17.4 Å². The van der Waals surface area contributed by atoms with Gasteiger partial charge >= 0.3 is 0 Å². The van der Waals surface area contributed by atoms with E-state index in [4.69, 9.17) is 0 Å². The zero-order valence-corrected chi connectivity index (χ0v) is 13.7. The first kappa shape index (κ1) is 15.0. The van der Waals surface area contributed by atoms with Gasteiger partial charge in [0, 0.05) is 28.6 Å². The van der Waals surface area contributed by atoms with Crippen LogP contribution in [0.25, 0.3) is 16.9 Å². The SMILES string of the molecule is Fc1ccc(CSc2ccc3nc(-c4ccccc4)cn3c2)cc1. The summed E-state index contributed by atoms with van der Waals surface area (Å²) in [6.07, 6.45) is 4.13. The number of pyridine rings is 1. The van der Waals surface area contributed by atoms with Gasteiger partial charge in [0.05, 0.1) is 5.69 Å². The highest BCUT2D eigenvalue weighted by Gasteiger charge is 2.05. The summed E-state index contributed by atoms with van der Waals surface area (Å²) < 4.78 is 15.0. The Bertz CT molecular complexity index is 962. The van der Waals surface area contributed by atoms with Crippen molar-refractivity contribution in [3.63, 3.8) is 0 Å². The van der Waals surface area contributed by atoms with Crippen LogP contribution < -0.4 is 0 Å². The molecule has 0 spiro atoms. The molecule has 0 fully saturated rings. The average molecular weight is 334 g/mol. The molecule has 0 N–H and O–H groups in total. The number of thioether (sulfide) groups is 1. The number of aromatic nitrogens is 2. The van der Waals surface area contributed by atoms with E-state index in [0.717, 1.165) is 33.1 Å². The van der Waals surface area contributed by atoms with Gasteiger partial charge in [-0.15, -0.1) is 11.8 Å². The third-order valence-corrected chi connectivity index (χ3v) is 4.86. The molecular formula is C20H15FN2S. The summed E-state index contributed by atoms with van der Waals surface area (Å²) in [5.41, 5.74) is 4.12. The quantitative estimate of drug-likeness (QED) is 0.463. The molecule has 2 nitrogen and oxygen atoms in total. The summed E-state index contributed by atoms with van der Waals surface area (Å²) in [5.74, 6) is 0.614. The Balaban J connectivity index is 1.55. The van der Waals surface area contributed by atoms with Gasteiger partial charge in [0.1, 0.15) is 11.5 Å². The number of hydrogen-bond acceptors (Lipinski definition) is 2. The van der Waals surface area contributed by atoms with E-state index >= 15 is 0 Å². The molecule has 0 aliphatic heterocycles. The zero-order valence-electron chi connectivity index (χ0n) is 12.9. The van der Waals surface area contributed by atoms with E-state index in [0.29, 0.717) is 0 Å². The molecule has 24 heavy (non-hydrogen) atoms. The number of nitrogens with zero attached hydrogens (tertiary/aromatic N) is 2. The molecule has 0 saturated heterocycles. The predicted octanol–water partition coefficient (Wildman–Crippen LogP) is 5.43. The lowest BCUT2D eigenvalue weighted by molar-refractivity contribution is 0.627. The van der Waals surface area contributed by atoms with Crippen LogP contribution in [-0.4, -0.2) is 9.38 Å². The molecule has 0 aliphatic rings. The van der Waals surface area contributed by atoms with Gasteiger partial charge in [-0.2, -0.15) is 0 Å². The summed E-state index contributed by atoms with van der Waals surface area (Å²) >= 11 is 1.73. The van der Waals surface area contributed by atoms with E-state index in [1.165, 1.54) is 12.1 Å². The van der Waals surface area contributed by atoms with Crippen molar-refractivity contribution in [2.45, 2.75) is 10.6 Å². The van der Waals surface area contributed by atoms with E-state index in [9.17, 15) is 4.39 Å². The molecule has 0 amide bonds. The second-order valence-electron chi connectivity index (χ2n) is 5.54. The fourth-order valence-corrected chi connectivity index (χ4v) is 3.43. The number of halogens is 1. The van der Waals surface area contributed by atoms with Gasteiger partial charge in [-0.05, 0) is 29.8 Å². The van der Waals surface area contributed by atoms with Crippen LogP contribution in [0.1, 0.15) is 5.56 Å². The molecular weight excluding hydrogens is 319 g/mol. The van der Waals surface area contributed by atoms with Crippen molar-refractivity contribution in [3.05, 3.63) is 90.5 Å². The topological polar surface area (TPSA) is 17.3 Å². The maximum atomic E-state index is 12.9. The second-order valence-corrected chi connectivity index (χ2v) is 6.59. The number of fused-ring (bicyclic) bond motifs is 1. The van der Waals surface area contributed by atoms with Crippen molar-refractivity contribution < 1.29 is 4.39 Å².